The predicted octanol–water partition coefficient (Wildman–Crippen LogP) is -0.388. The molecule has 0 saturated heterocycles. The van der Waals surface area contributed by atoms with Gasteiger partial charge in [-0.1, -0.05) is 0 Å². The Balaban J connectivity index is 0. The minimum Gasteiger partial charge on any atom is 0 e. The molecule has 0 saturated carbocycles. The minimum atomic E-state index is 0. The summed E-state index contributed by atoms with van der Waals surface area (Å²) in [5.74, 6) is 0. The van der Waals surface area contributed by atoms with Crippen molar-refractivity contribution in [3.05, 3.63) is 0 Å². The summed E-state index contributed by atoms with van der Waals surface area (Å²) in [4.78, 5) is 0. The molecule has 0 aliphatic carbocycles. The smallest absolute Gasteiger partial charge is 0 e. The minimum absolute atomic E-state index is 0. The molecule has 0 nitrogen and oxygen atoms in total. The first-order valence-corrected chi connectivity index (χ1v) is 0. The summed E-state index contributed by atoms with van der Waals surface area (Å²) in [6, 6.07) is 0. The van der Waals surface area contributed by atoms with E-state index in [4.69, 9.17) is 0 Å². The van der Waals surface area contributed by atoms with Gasteiger partial charge in [0.15, 0.2) is 0 Å². The number of hydrogen-bond donors (Lipinski definition) is 0. The molecule has 0 rings (SSSR count). The van der Waals surface area contributed by atoms with Crippen LogP contribution in [0.4, 0.5) is 0 Å². The molecule has 0 spiro atoms. The molecule has 4 radical (unpaired) electrons. The van der Waals surface area contributed by atoms with E-state index >= 15 is 0 Å². The van der Waals surface area contributed by atoms with Gasteiger partial charge in [0.2, 0.25) is 0 Å². The third-order valence-electron chi connectivity index (χ3n) is 0. The monoisotopic (exact) mass is 188 g/mol. The summed E-state index contributed by atoms with van der Waals surface area (Å²) in [6.07, 6.45) is 0. The van der Waals surface area contributed by atoms with Gasteiger partial charge in [-0.25, -0.2) is 0 Å². The van der Waals surface area contributed by atoms with Gasteiger partial charge in [-0.3, -0.25) is 0 Å². The average Bonchev–Trinajstić information content (AvgIpc) is 0. The van der Waals surface area contributed by atoms with Crippen molar-refractivity contribution in [2.75, 3.05) is 0 Å². The summed E-state index contributed by atoms with van der Waals surface area (Å²) in [6.45, 7) is 0. The van der Waals surface area contributed by atoms with E-state index in [9.17, 15) is 0 Å². The Labute approximate surface area is 58.9 Å². The van der Waals surface area contributed by atoms with Gasteiger partial charge in [-0.05, 0) is 0 Å². The fraction of sp³-hybridized carbons (Fsp3) is 0. The quantitative estimate of drug-likeness (QED) is 0.455. The van der Waals surface area contributed by atoms with Crippen molar-refractivity contribution in [2.45, 2.75) is 0 Å². The molecule has 0 bridgehead atoms. The number of rotatable bonds is 0. The largest absolute Gasteiger partial charge is 0 e. The average molecular weight is 189 g/mol. The van der Waals surface area contributed by atoms with Crippen LogP contribution in [0, 0.1) is 0 Å². The molecule has 0 atom stereocenters. The first-order valence-electron chi connectivity index (χ1n) is 0. The van der Waals surface area contributed by atoms with E-state index in [1.807, 2.05) is 0 Å². The first-order chi connectivity index (χ1) is 0. The Kier molecular flexibility index (Phi) is 270. The maximum absolute atomic E-state index is 0. The zero-order chi connectivity index (χ0) is 0. The summed E-state index contributed by atoms with van der Waals surface area (Å²) in [7, 11) is 0. The molecule has 0 aliphatic heterocycles. The van der Waals surface area contributed by atoms with Crippen LogP contribution in [0.5, 0.6) is 0 Å². The summed E-state index contributed by atoms with van der Waals surface area (Å²) in [5, 5.41) is 0. The predicted molar refractivity (Wildman–Crippen MR) is 5.75 cm³/mol. The van der Waals surface area contributed by atoms with Gasteiger partial charge in [-0.2, -0.15) is 0 Å². The van der Waals surface area contributed by atoms with Crippen molar-refractivity contribution < 1.29 is 50.6 Å². The van der Waals surface area contributed by atoms with Crippen LogP contribution < -0.4 is 0 Å². The van der Waals surface area contributed by atoms with Crippen LogP contribution in [-0.2, 0) is 50.6 Å². The second-order valence-corrected chi connectivity index (χ2v) is 0. The molecule has 4 heavy (non-hydrogen) atoms. The normalized spacial score (nSPS) is 0. The molecule has 0 aliphatic rings. The van der Waals surface area contributed by atoms with Crippen molar-refractivity contribution in [1.29, 1.82) is 0 Å². The second-order valence-electron chi connectivity index (χ2n) is 0. The zero-order valence-corrected chi connectivity index (χ0v) is 4.58. The fourth-order valence-electron chi connectivity index (χ4n) is 0. The SMILES string of the molecule is [B].[Cu].[Fe].[Ni]. The van der Waals surface area contributed by atoms with E-state index in [1.54, 1.807) is 0 Å². The van der Waals surface area contributed by atoms with E-state index in [1.165, 1.54) is 0 Å². The van der Waals surface area contributed by atoms with Gasteiger partial charge in [0.05, 0.1) is 0 Å². The van der Waals surface area contributed by atoms with Gasteiger partial charge in [0.25, 0.3) is 0 Å². The number of hydrogen-bond acceptors (Lipinski definition) is 0. The standard InChI is InChI=1S/B.Cu.Fe.Ni. The van der Waals surface area contributed by atoms with Gasteiger partial charge >= 0.3 is 0 Å². The molecule has 0 aromatic rings. The van der Waals surface area contributed by atoms with Crippen LogP contribution >= 0.6 is 0 Å². The first kappa shape index (κ1) is 46.4. The van der Waals surface area contributed by atoms with Crippen molar-refractivity contribution in [2.24, 2.45) is 0 Å². The Morgan fingerprint density at radius 2 is 1.00 bits per heavy atom. The Bertz CT molecular complexity index is 8.00. The molecule has 0 amide bonds. The van der Waals surface area contributed by atoms with E-state index in [0.717, 1.165) is 0 Å². The van der Waals surface area contributed by atoms with Crippen LogP contribution in [0.2, 0.25) is 0 Å². The van der Waals surface area contributed by atoms with Gasteiger partial charge in [0.1, 0.15) is 0 Å². The Hall–Kier alpha value is 1.60. The van der Waals surface area contributed by atoms with Crippen LogP contribution in [0.25, 0.3) is 0 Å². The van der Waals surface area contributed by atoms with Crippen LogP contribution in [-0.4, -0.2) is 8.41 Å². The summed E-state index contributed by atoms with van der Waals surface area (Å²) < 4.78 is 0. The van der Waals surface area contributed by atoms with Gasteiger partial charge in [0, 0.05) is 59.0 Å². The third-order valence-corrected chi connectivity index (χ3v) is 0. The molecule has 0 unspecified atom stereocenters. The third kappa shape index (κ3) is 9.51. The van der Waals surface area contributed by atoms with Crippen LogP contribution in [0.1, 0.15) is 0 Å². The maximum atomic E-state index is 0. The molecule has 0 heterocycles. The Morgan fingerprint density at radius 3 is 1.00 bits per heavy atom. The van der Waals surface area contributed by atoms with Crippen molar-refractivity contribution >= 4 is 8.41 Å². The second kappa shape index (κ2) is 23.3. The topological polar surface area (TPSA) is 0 Å². The molecule has 0 N–H and O–H groups in total. The van der Waals surface area contributed by atoms with Crippen molar-refractivity contribution in [3.8, 4) is 0 Å². The van der Waals surface area contributed by atoms with Crippen molar-refractivity contribution in [1.82, 2.24) is 0 Å². The molecular formula is BCuFeNi. The summed E-state index contributed by atoms with van der Waals surface area (Å²) in [5.41, 5.74) is 0. The van der Waals surface area contributed by atoms with E-state index in [0.29, 0.717) is 0 Å². The molecule has 0 aromatic carbocycles. The molecule has 0 aromatic heterocycles. The van der Waals surface area contributed by atoms with E-state index in [2.05, 4.69) is 0 Å². The zero-order valence-electron chi connectivity index (χ0n) is 1.55. The van der Waals surface area contributed by atoms with Crippen molar-refractivity contribution in [3.63, 3.8) is 0 Å². The molecule has 4 heteroatoms. The maximum Gasteiger partial charge on any atom is 0 e. The van der Waals surface area contributed by atoms with E-state index < -0.39 is 0 Å². The molecule has 0 fully saturated rings. The van der Waals surface area contributed by atoms with Gasteiger partial charge in [-0.15, -0.1) is 0 Å². The molecular weight excluding hydrogens is 189 g/mol. The van der Waals surface area contributed by atoms with Gasteiger partial charge < -0.3 is 0 Å². The van der Waals surface area contributed by atoms with Crippen LogP contribution in [0.3, 0.4) is 0 Å². The summed E-state index contributed by atoms with van der Waals surface area (Å²) >= 11 is 0. The van der Waals surface area contributed by atoms with E-state index in [-0.39, 0.29) is 59.0 Å². The molecule has 32 valence electrons. The Morgan fingerprint density at radius 1 is 1.00 bits per heavy atom. The fourth-order valence-corrected chi connectivity index (χ4v) is 0. The van der Waals surface area contributed by atoms with Crippen LogP contribution in [0.15, 0.2) is 0 Å².